The van der Waals surface area contributed by atoms with Crippen molar-refractivity contribution in [3.05, 3.63) is 36.7 Å². The van der Waals surface area contributed by atoms with Crippen LogP contribution in [-0.4, -0.2) is 4.98 Å². The first kappa shape index (κ1) is 6.16. The molecule has 0 unspecified atom stereocenters. The van der Waals surface area contributed by atoms with E-state index in [0.29, 0.717) is 0 Å². The number of nitrogen functional groups attached to an aromatic ring is 1. The minimum Gasteiger partial charge on any atom is -0.398 e. The van der Waals surface area contributed by atoms with Gasteiger partial charge in [0.25, 0.3) is 0 Å². The van der Waals surface area contributed by atoms with E-state index in [1.54, 1.807) is 6.20 Å². The van der Waals surface area contributed by atoms with Crippen LogP contribution in [0.2, 0.25) is 0 Å². The molecular formula is C9H8N2. The van der Waals surface area contributed by atoms with Gasteiger partial charge in [-0.2, -0.15) is 0 Å². The van der Waals surface area contributed by atoms with Crippen LogP contribution in [0.15, 0.2) is 36.7 Å². The molecule has 1 aliphatic heterocycles. The van der Waals surface area contributed by atoms with Crippen LogP contribution in [0.4, 0.5) is 5.69 Å². The van der Waals surface area contributed by atoms with Crippen LogP contribution < -0.4 is 5.73 Å². The molecule has 54 valence electrons. The SMILES string of the molecule is Nc1ccc2cncccc1-2. The molecule has 0 fully saturated rings. The van der Waals surface area contributed by atoms with Crippen LogP contribution in [0, 0.1) is 0 Å². The second-order valence-electron chi connectivity index (χ2n) is 2.44. The van der Waals surface area contributed by atoms with E-state index in [4.69, 9.17) is 5.73 Å². The van der Waals surface area contributed by atoms with Crippen molar-refractivity contribution in [3.63, 3.8) is 0 Å². The lowest BCUT2D eigenvalue weighted by molar-refractivity contribution is 1.37. The predicted octanol–water partition coefficient (Wildman–Crippen LogP) is 1.77. The smallest absolute Gasteiger partial charge is 0.0394 e. The zero-order valence-corrected chi connectivity index (χ0v) is 5.99. The molecule has 0 aromatic rings. The monoisotopic (exact) mass is 144 g/mol. The molecule has 0 bridgehead atoms. The summed E-state index contributed by atoms with van der Waals surface area (Å²) in [7, 11) is 0. The fourth-order valence-electron chi connectivity index (χ4n) is 1.14. The van der Waals surface area contributed by atoms with Crippen LogP contribution in [-0.2, 0) is 0 Å². The second-order valence-corrected chi connectivity index (χ2v) is 2.44. The minimum atomic E-state index is 0.818. The number of fused-ring (bicyclic) bond motifs is 1. The van der Waals surface area contributed by atoms with E-state index in [9.17, 15) is 0 Å². The van der Waals surface area contributed by atoms with Crippen molar-refractivity contribution in [2.24, 2.45) is 0 Å². The summed E-state index contributed by atoms with van der Waals surface area (Å²) in [5.74, 6) is 0. The Bertz CT molecular complexity index is 344. The summed E-state index contributed by atoms with van der Waals surface area (Å²) in [5, 5.41) is 0. The highest BCUT2D eigenvalue weighted by Gasteiger charge is 2.02. The molecular weight excluding hydrogens is 136 g/mol. The molecule has 0 saturated carbocycles. The molecule has 0 amide bonds. The largest absolute Gasteiger partial charge is 0.398 e. The Balaban J connectivity index is 2.75. The van der Waals surface area contributed by atoms with Gasteiger partial charge in [-0.3, -0.25) is 4.98 Å². The van der Waals surface area contributed by atoms with Gasteiger partial charge in [-0.15, -0.1) is 0 Å². The molecule has 2 N–H and O–H groups in total. The molecule has 0 radical (unpaired) electrons. The summed E-state index contributed by atoms with van der Waals surface area (Å²) >= 11 is 0. The third kappa shape index (κ3) is 0.923. The number of anilines is 1. The van der Waals surface area contributed by atoms with E-state index in [0.717, 1.165) is 16.8 Å². The molecule has 0 atom stereocenters. The molecule has 0 aromatic heterocycles. The maximum absolute atomic E-state index is 5.70. The van der Waals surface area contributed by atoms with Crippen molar-refractivity contribution < 1.29 is 0 Å². The Morgan fingerprint density at radius 3 is 3.00 bits per heavy atom. The Hall–Kier alpha value is -1.57. The summed E-state index contributed by atoms with van der Waals surface area (Å²) in [6.45, 7) is 0. The maximum Gasteiger partial charge on any atom is 0.0394 e. The van der Waals surface area contributed by atoms with Gasteiger partial charge in [-0.05, 0) is 12.1 Å². The zero-order chi connectivity index (χ0) is 7.68. The van der Waals surface area contributed by atoms with E-state index in [1.165, 1.54) is 0 Å². The van der Waals surface area contributed by atoms with E-state index >= 15 is 0 Å². The lowest BCUT2D eigenvalue weighted by Gasteiger charge is -1.90. The minimum absolute atomic E-state index is 0.818. The van der Waals surface area contributed by atoms with Crippen LogP contribution in [0.1, 0.15) is 0 Å². The first-order valence-corrected chi connectivity index (χ1v) is 3.46. The number of hydrogen-bond acceptors (Lipinski definition) is 2. The third-order valence-corrected chi connectivity index (χ3v) is 1.71. The van der Waals surface area contributed by atoms with Gasteiger partial charge in [0.2, 0.25) is 0 Å². The maximum atomic E-state index is 5.70. The Labute approximate surface area is 65.0 Å². The normalized spacial score (nSPS) is 10.2. The molecule has 2 heteroatoms. The summed E-state index contributed by atoms with van der Waals surface area (Å²) < 4.78 is 0. The fraction of sp³-hybridized carbons (Fsp3) is 0. The summed E-state index contributed by atoms with van der Waals surface area (Å²) in [6, 6.07) is 7.72. The van der Waals surface area contributed by atoms with Gasteiger partial charge in [0.05, 0.1) is 0 Å². The van der Waals surface area contributed by atoms with Crippen molar-refractivity contribution >= 4 is 5.69 Å². The van der Waals surface area contributed by atoms with Crippen molar-refractivity contribution in [1.29, 1.82) is 0 Å². The number of nitrogens with zero attached hydrogens (tertiary/aromatic N) is 1. The average Bonchev–Trinajstić information content (AvgIpc) is 2.25. The van der Waals surface area contributed by atoms with Crippen molar-refractivity contribution in [1.82, 2.24) is 4.98 Å². The standard InChI is InChI=1S/C9H8N2/c10-9-4-3-7-6-11-5-1-2-8(7)9/h1-6H,10H2. The Kier molecular flexibility index (Phi) is 1.25. The molecule has 0 saturated heterocycles. The number of nitrogens with two attached hydrogens (primary N) is 1. The Morgan fingerprint density at radius 1 is 1.18 bits per heavy atom. The quantitative estimate of drug-likeness (QED) is 0.612. The lowest BCUT2D eigenvalue weighted by Crippen LogP contribution is -1.80. The summed E-state index contributed by atoms with van der Waals surface area (Å²) in [5.41, 5.74) is 8.68. The molecule has 11 heavy (non-hydrogen) atoms. The van der Waals surface area contributed by atoms with E-state index in [1.807, 2.05) is 30.5 Å². The highest BCUT2D eigenvalue weighted by Crippen LogP contribution is 2.27. The van der Waals surface area contributed by atoms with Crippen molar-refractivity contribution in [3.8, 4) is 11.1 Å². The van der Waals surface area contributed by atoms with Gasteiger partial charge in [0.1, 0.15) is 0 Å². The summed E-state index contributed by atoms with van der Waals surface area (Å²) in [4.78, 5) is 4.03. The molecule has 0 spiro atoms. The van der Waals surface area contributed by atoms with Crippen LogP contribution in [0.3, 0.4) is 0 Å². The van der Waals surface area contributed by atoms with E-state index in [-0.39, 0.29) is 0 Å². The van der Waals surface area contributed by atoms with Crippen LogP contribution >= 0.6 is 0 Å². The van der Waals surface area contributed by atoms with Gasteiger partial charge in [0.15, 0.2) is 0 Å². The fourth-order valence-corrected chi connectivity index (χ4v) is 1.14. The average molecular weight is 144 g/mol. The van der Waals surface area contributed by atoms with Gasteiger partial charge in [-0.1, -0.05) is 12.1 Å². The number of rotatable bonds is 0. The molecule has 1 heterocycles. The lowest BCUT2D eigenvalue weighted by atomic mass is 10.2. The third-order valence-electron chi connectivity index (χ3n) is 1.71. The molecule has 2 nitrogen and oxygen atoms in total. The molecule has 2 rings (SSSR count). The molecule has 0 aromatic carbocycles. The van der Waals surface area contributed by atoms with Gasteiger partial charge in [-0.25, -0.2) is 0 Å². The van der Waals surface area contributed by atoms with Gasteiger partial charge >= 0.3 is 0 Å². The topological polar surface area (TPSA) is 38.9 Å². The van der Waals surface area contributed by atoms with Crippen LogP contribution in [0.5, 0.6) is 0 Å². The summed E-state index contributed by atoms with van der Waals surface area (Å²) in [6.07, 6.45) is 3.56. The predicted molar refractivity (Wildman–Crippen MR) is 45.3 cm³/mol. The van der Waals surface area contributed by atoms with Gasteiger partial charge in [0, 0.05) is 29.2 Å². The Morgan fingerprint density at radius 2 is 2.09 bits per heavy atom. The number of aromatic nitrogens is 1. The van der Waals surface area contributed by atoms with Crippen LogP contribution in [0.25, 0.3) is 11.1 Å². The zero-order valence-electron chi connectivity index (χ0n) is 5.99. The molecule has 2 aliphatic rings. The van der Waals surface area contributed by atoms with E-state index < -0.39 is 0 Å². The van der Waals surface area contributed by atoms with Crippen molar-refractivity contribution in [2.45, 2.75) is 0 Å². The number of hydrogen-bond donors (Lipinski definition) is 1. The van der Waals surface area contributed by atoms with Gasteiger partial charge < -0.3 is 5.73 Å². The van der Waals surface area contributed by atoms with Crippen molar-refractivity contribution in [2.75, 3.05) is 5.73 Å². The van der Waals surface area contributed by atoms with E-state index in [2.05, 4.69) is 4.98 Å². The molecule has 1 aliphatic carbocycles. The highest BCUT2D eigenvalue weighted by molar-refractivity contribution is 5.78. The second kappa shape index (κ2) is 2.23. The highest BCUT2D eigenvalue weighted by atomic mass is 14.6. The first-order valence-electron chi connectivity index (χ1n) is 3.46. The first-order chi connectivity index (χ1) is 5.38.